The molecule has 4 rings (SSSR count). The van der Waals surface area contributed by atoms with Gasteiger partial charge in [-0.2, -0.15) is 17.9 Å². The van der Waals surface area contributed by atoms with Crippen LogP contribution in [0.5, 0.6) is 0 Å². The summed E-state index contributed by atoms with van der Waals surface area (Å²) in [5, 5.41) is 11.7. The number of aromatic nitrogens is 3. The van der Waals surface area contributed by atoms with Crippen LogP contribution in [0.3, 0.4) is 0 Å². The van der Waals surface area contributed by atoms with Crippen molar-refractivity contribution >= 4 is 27.1 Å². The average Bonchev–Trinajstić information content (AvgIpc) is 3.05. The van der Waals surface area contributed by atoms with Gasteiger partial charge in [-0.25, -0.2) is 18.4 Å². The maximum atomic E-state index is 12.8. The van der Waals surface area contributed by atoms with Crippen LogP contribution in [0.25, 0.3) is 0 Å². The first-order valence-electron chi connectivity index (χ1n) is 9.82. The quantitative estimate of drug-likeness (QED) is 0.601. The van der Waals surface area contributed by atoms with Gasteiger partial charge in [-0.15, -0.1) is 0 Å². The predicted octanol–water partition coefficient (Wildman–Crippen LogP) is 2.31. The fourth-order valence-electron chi connectivity index (χ4n) is 3.58. The first-order valence-corrected chi connectivity index (χ1v) is 11.3. The molecule has 2 aromatic rings. The Kier molecular flexibility index (Phi) is 5.70. The van der Waals surface area contributed by atoms with Crippen LogP contribution in [0.4, 0.5) is 24.5 Å². The van der Waals surface area contributed by atoms with Crippen LogP contribution < -0.4 is 14.9 Å². The molecule has 0 bridgehead atoms. The Morgan fingerprint density at radius 2 is 1.94 bits per heavy atom. The van der Waals surface area contributed by atoms with E-state index in [2.05, 4.69) is 20.3 Å². The van der Waals surface area contributed by atoms with Crippen LogP contribution in [-0.2, 0) is 10.0 Å². The summed E-state index contributed by atoms with van der Waals surface area (Å²) < 4.78 is 64.9. The number of allylic oxidation sites excluding steroid dienone is 2. The van der Waals surface area contributed by atoms with Crippen LogP contribution in [0, 0.1) is 12.3 Å². The molecule has 4 heterocycles. The maximum Gasteiger partial charge on any atom is 0.404 e. The second kappa shape index (κ2) is 8.23. The van der Waals surface area contributed by atoms with Gasteiger partial charge in [-0.1, -0.05) is 0 Å². The van der Waals surface area contributed by atoms with Gasteiger partial charge in [0.25, 0.3) is 0 Å². The molecule has 33 heavy (non-hydrogen) atoms. The van der Waals surface area contributed by atoms with E-state index in [0.29, 0.717) is 22.8 Å². The van der Waals surface area contributed by atoms with Gasteiger partial charge in [0.15, 0.2) is 0 Å². The number of hydrogen-bond acceptors (Lipinski definition) is 8. The summed E-state index contributed by atoms with van der Waals surface area (Å²) in [5.74, 6) is 0. The van der Waals surface area contributed by atoms with Crippen molar-refractivity contribution in [2.75, 3.05) is 11.4 Å². The number of pyridine rings is 1. The molecule has 0 saturated heterocycles. The minimum atomic E-state index is -4.70. The molecule has 0 amide bonds. The highest BCUT2D eigenvalue weighted by molar-refractivity contribution is 7.93. The summed E-state index contributed by atoms with van der Waals surface area (Å²) in [6, 6.07) is -1.03. The molecular formula is C20H20F3N7O2S. The molecule has 9 nitrogen and oxygen atoms in total. The van der Waals surface area contributed by atoms with Crippen molar-refractivity contribution in [3.63, 3.8) is 0 Å². The van der Waals surface area contributed by atoms with Crippen LogP contribution in [0.15, 0.2) is 53.7 Å². The van der Waals surface area contributed by atoms with Crippen molar-refractivity contribution in [1.29, 1.82) is 5.41 Å². The van der Waals surface area contributed by atoms with Gasteiger partial charge in [-0.3, -0.25) is 4.98 Å². The second-order valence-electron chi connectivity index (χ2n) is 7.66. The Hall–Kier alpha value is -3.32. The van der Waals surface area contributed by atoms with E-state index in [1.807, 2.05) is 17.9 Å². The van der Waals surface area contributed by atoms with Gasteiger partial charge in [-0.05, 0) is 37.6 Å². The molecule has 0 saturated carbocycles. The van der Waals surface area contributed by atoms with Gasteiger partial charge in [0.05, 0.1) is 40.9 Å². The topological polar surface area (TPSA) is 124 Å². The smallest absolute Gasteiger partial charge is 0.381 e. The normalized spacial score (nSPS) is 19.5. The minimum Gasteiger partial charge on any atom is -0.381 e. The van der Waals surface area contributed by atoms with Crippen LogP contribution >= 0.6 is 0 Å². The Labute approximate surface area is 188 Å². The molecule has 0 aliphatic carbocycles. The largest absolute Gasteiger partial charge is 0.404 e. The molecule has 0 radical (unpaired) electrons. The molecule has 2 atom stereocenters. The number of fused-ring (bicyclic) bond motifs is 1. The Morgan fingerprint density at radius 3 is 2.55 bits per heavy atom. The first kappa shape index (κ1) is 22.9. The van der Waals surface area contributed by atoms with Gasteiger partial charge in [0, 0.05) is 11.9 Å². The summed E-state index contributed by atoms with van der Waals surface area (Å²) in [5.41, 5.74) is 3.28. The third-order valence-electron chi connectivity index (χ3n) is 5.25. The molecule has 13 heteroatoms. The summed E-state index contributed by atoms with van der Waals surface area (Å²) in [6.45, 7) is 2.37. The third-order valence-corrected chi connectivity index (χ3v) is 6.89. The van der Waals surface area contributed by atoms with Crippen molar-refractivity contribution in [2.45, 2.75) is 32.1 Å². The molecule has 2 aliphatic heterocycles. The molecule has 3 N–H and O–H groups in total. The number of sulfonamides is 1. The van der Waals surface area contributed by atoms with E-state index in [9.17, 15) is 21.6 Å². The minimum absolute atomic E-state index is 0.177. The molecule has 2 unspecified atom stereocenters. The zero-order valence-corrected chi connectivity index (χ0v) is 18.4. The molecule has 0 spiro atoms. The van der Waals surface area contributed by atoms with E-state index in [1.54, 1.807) is 23.3 Å². The average molecular weight is 479 g/mol. The van der Waals surface area contributed by atoms with Crippen molar-refractivity contribution in [3.05, 3.63) is 65.0 Å². The molecule has 2 aliphatic rings. The van der Waals surface area contributed by atoms with E-state index < -0.39 is 28.3 Å². The van der Waals surface area contributed by atoms with Gasteiger partial charge < -0.3 is 15.6 Å². The van der Waals surface area contributed by atoms with Gasteiger partial charge in [0.2, 0.25) is 10.0 Å². The van der Waals surface area contributed by atoms with Crippen LogP contribution in [0.1, 0.15) is 18.2 Å². The van der Waals surface area contributed by atoms with E-state index in [-0.39, 0.29) is 17.2 Å². The molecule has 174 valence electrons. The summed E-state index contributed by atoms with van der Waals surface area (Å²) in [7, 11) is -4.37. The number of rotatable bonds is 5. The zero-order valence-electron chi connectivity index (χ0n) is 17.6. The highest BCUT2D eigenvalue weighted by Gasteiger charge is 2.41. The highest BCUT2D eigenvalue weighted by atomic mass is 32.2. The Balaban J connectivity index is 1.69. The van der Waals surface area contributed by atoms with Crippen molar-refractivity contribution in [2.24, 2.45) is 0 Å². The summed E-state index contributed by atoms with van der Waals surface area (Å²) in [4.78, 5) is 14.0. The summed E-state index contributed by atoms with van der Waals surface area (Å²) in [6.07, 6.45) is 4.19. The number of nitrogens with one attached hydrogen (secondary N) is 3. The highest BCUT2D eigenvalue weighted by Crippen LogP contribution is 2.39. The predicted molar refractivity (Wildman–Crippen MR) is 116 cm³/mol. The number of aryl methyl sites for hydroxylation is 1. The van der Waals surface area contributed by atoms with Crippen molar-refractivity contribution in [1.82, 2.24) is 25.0 Å². The number of anilines is 2. The first-order chi connectivity index (χ1) is 15.5. The van der Waals surface area contributed by atoms with Crippen LogP contribution in [0.2, 0.25) is 0 Å². The standard InChI is InChI=1S/C20H20F3N7O2S/c1-11-5-16-18(28-6-11)17(24)19(30(16)13-7-25-10-26-8-13)15-4-3-14(9-27-15)33(31,32)29-12(2)20(21,22)23/h3-8,10,12,19,24,27,29H,9H2,1-2H3. The van der Waals surface area contributed by atoms with Crippen molar-refractivity contribution < 1.29 is 21.6 Å². The van der Waals surface area contributed by atoms with E-state index in [1.165, 1.54) is 18.5 Å². The Bertz CT molecular complexity index is 1260. The molecule has 2 aromatic heterocycles. The monoisotopic (exact) mass is 479 g/mol. The lowest BCUT2D eigenvalue weighted by Gasteiger charge is -2.30. The zero-order chi connectivity index (χ0) is 24.0. The maximum absolute atomic E-state index is 12.8. The van der Waals surface area contributed by atoms with Gasteiger partial charge in [0.1, 0.15) is 24.1 Å². The third kappa shape index (κ3) is 4.33. The fraction of sp³-hybridized carbons (Fsp3) is 0.300. The number of halogens is 3. The van der Waals surface area contributed by atoms with E-state index in [4.69, 9.17) is 5.41 Å². The SMILES string of the molecule is Cc1cnc2c(c1)N(c1cncnc1)C(C1=CC=C(S(=O)(=O)NC(C)C(F)(F)F)CN1)C2=N. The molecule has 0 aromatic carbocycles. The summed E-state index contributed by atoms with van der Waals surface area (Å²) >= 11 is 0. The fourth-order valence-corrected chi connectivity index (χ4v) is 4.84. The lowest BCUT2D eigenvalue weighted by molar-refractivity contribution is -0.146. The van der Waals surface area contributed by atoms with Crippen LogP contribution in [-0.4, -0.2) is 53.9 Å². The lowest BCUT2D eigenvalue weighted by atomic mass is 10.1. The van der Waals surface area contributed by atoms with Crippen molar-refractivity contribution in [3.8, 4) is 0 Å². The Morgan fingerprint density at radius 1 is 1.24 bits per heavy atom. The molecular weight excluding hydrogens is 459 g/mol. The molecule has 0 fully saturated rings. The van der Waals surface area contributed by atoms with E-state index >= 15 is 0 Å². The second-order valence-corrected chi connectivity index (χ2v) is 9.42. The van der Waals surface area contributed by atoms with E-state index in [0.717, 1.165) is 12.5 Å². The number of nitrogens with zero attached hydrogens (tertiary/aromatic N) is 4. The lowest BCUT2D eigenvalue weighted by Crippen LogP contribution is -2.46. The number of hydrogen-bond donors (Lipinski definition) is 3. The number of alkyl halides is 3. The number of dihydropyridines is 1. The van der Waals surface area contributed by atoms with Gasteiger partial charge >= 0.3 is 6.18 Å².